The predicted molar refractivity (Wildman–Crippen MR) is 86.2 cm³/mol. The van der Waals surface area contributed by atoms with E-state index in [0.717, 1.165) is 12.1 Å². The molecule has 0 atom stereocenters. The average Bonchev–Trinajstić information content (AvgIpc) is 2.96. The first-order valence-corrected chi connectivity index (χ1v) is 7.57. The van der Waals surface area contributed by atoms with Gasteiger partial charge in [-0.1, -0.05) is 6.07 Å². The number of rotatable bonds is 6. The van der Waals surface area contributed by atoms with Gasteiger partial charge in [0.15, 0.2) is 0 Å². The number of hydrogen-bond donors (Lipinski definition) is 1. The SMILES string of the molecule is COCCN(Cc1ccc(C)o1)C(=O)Nc1cccc(C(F)(F)F)c1. The molecule has 0 unspecified atom stereocenters. The molecule has 0 spiro atoms. The topological polar surface area (TPSA) is 54.7 Å². The molecule has 0 aliphatic heterocycles. The fraction of sp³-hybridized carbons (Fsp3) is 0.353. The quantitative estimate of drug-likeness (QED) is 0.840. The van der Waals surface area contributed by atoms with Crippen LogP contribution in [0.3, 0.4) is 0 Å². The Kier molecular flexibility index (Phi) is 6.08. The number of halogens is 3. The van der Waals surface area contributed by atoms with Gasteiger partial charge >= 0.3 is 12.2 Å². The second-order valence-corrected chi connectivity index (χ2v) is 5.44. The maximum atomic E-state index is 12.8. The highest BCUT2D eigenvalue weighted by Crippen LogP contribution is 2.30. The highest BCUT2D eigenvalue weighted by molar-refractivity contribution is 5.89. The third-order valence-corrected chi connectivity index (χ3v) is 3.44. The van der Waals surface area contributed by atoms with Crippen LogP contribution < -0.4 is 5.32 Å². The van der Waals surface area contributed by atoms with Crippen LogP contribution in [-0.2, 0) is 17.5 Å². The Morgan fingerprint density at radius 2 is 2.04 bits per heavy atom. The smallest absolute Gasteiger partial charge is 0.416 e. The van der Waals surface area contributed by atoms with Gasteiger partial charge in [0.1, 0.15) is 11.5 Å². The van der Waals surface area contributed by atoms with Gasteiger partial charge in [-0.3, -0.25) is 0 Å². The van der Waals surface area contributed by atoms with E-state index in [0.29, 0.717) is 11.5 Å². The zero-order valence-corrected chi connectivity index (χ0v) is 13.9. The molecule has 0 aliphatic carbocycles. The Hall–Kier alpha value is -2.48. The lowest BCUT2D eigenvalue weighted by atomic mass is 10.2. The summed E-state index contributed by atoms with van der Waals surface area (Å²) in [4.78, 5) is 13.8. The van der Waals surface area contributed by atoms with Crippen LogP contribution in [-0.4, -0.2) is 31.2 Å². The Labute approximate surface area is 143 Å². The Bertz CT molecular complexity index is 713. The molecule has 0 aliphatic rings. The minimum absolute atomic E-state index is 0.0675. The van der Waals surface area contributed by atoms with Crippen LogP contribution >= 0.6 is 0 Å². The van der Waals surface area contributed by atoms with Crippen molar-refractivity contribution in [2.75, 3.05) is 25.6 Å². The molecule has 0 bridgehead atoms. The zero-order valence-electron chi connectivity index (χ0n) is 13.9. The van der Waals surface area contributed by atoms with Gasteiger partial charge in [0, 0.05) is 19.3 Å². The predicted octanol–water partition coefficient (Wildman–Crippen LogP) is 4.29. The van der Waals surface area contributed by atoms with Gasteiger partial charge in [-0.2, -0.15) is 13.2 Å². The second kappa shape index (κ2) is 8.06. The number of carbonyl (C=O) groups is 1. The van der Waals surface area contributed by atoms with Crippen molar-refractivity contribution in [3.05, 3.63) is 53.5 Å². The number of nitrogens with one attached hydrogen (secondary N) is 1. The van der Waals surface area contributed by atoms with Gasteiger partial charge in [0.25, 0.3) is 0 Å². The van der Waals surface area contributed by atoms with Crippen molar-refractivity contribution in [3.63, 3.8) is 0 Å². The number of benzene rings is 1. The lowest BCUT2D eigenvalue weighted by Gasteiger charge is -2.22. The number of nitrogens with zero attached hydrogens (tertiary/aromatic N) is 1. The lowest BCUT2D eigenvalue weighted by molar-refractivity contribution is -0.137. The highest BCUT2D eigenvalue weighted by Gasteiger charge is 2.30. The number of alkyl halides is 3. The van der Waals surface area contributed by atoms with Crippen molar-refractivity contribution in [3.8, 4) is 0 Å². The number of amides is 2. The molecule has 2 aromatic rings. The number of aryl methyl sites for hydroxylation is 1. The van der Waals surface area contributed by atoms with Gasteiger partial charge in [0.05, 0.1) is 18.7 Å². The van der Waals surface area contributed by atoms with E-state index in [2.05, 4.69) is 5.32 Å². The molecule has 0 fully saturated rings. The third-order valence-electron chi connectivity index (χ3n) is 3.44. The molecule has 1 aromatic carbocycles. The summed E-state index contributed by atoms with van der Waals surface area (Å²) in [5, 5.41) is 2.48. The molecule has 1 heterocycles. The number of carbonyl (C=O) groups excluding carboxylic acids is 1. The molecule has 2 rings (SSSR count). The molecule has 1 N–H and O–H groups in total. The van der Waals surface area contributed by atoms with Crippen LogP contribution in [0.15, 0.2) is 40.8 Å². The highest BCUT2D eigenvalue weighted by atomic mass is 19.4. The average molecular weight is 356 g/mol. The van der Waals surface area contributed by atoms with E-state index in [1.807, 2.05) is 0 Å². The lowest BCUT2D eigenvalue weighted by Crippen LogP contribution is -2.36. The van der Waals surface area contributed by atoms with Gasteiger partial charge in [-0.05, 0) is 37.3 Å². The van der Waals surface area contributed by atoms with E-state index in [9.17, 15) is 18.0 Å². The molecule has 2 amide bonds. The first-order valence-electron chi connectivity index (χ1n) is 7.57. The fourth-order valence-electron chi connectivity index (χ4n) is 2.19. The molecule has 0 saturated heterocycles. The first kappa shape index (κ1) is 18.9. The van der Waals surface area contributed by atoms with E-state index in [-0.39, 0.29) is 25.4 Å². The number of methoxy groups -OCH3 is 1. The second-order valence-electron chi connectivity index (χ2n) is 5.44. The van der Waals surface area contributed by atoms with E-state index in [1.54, 1.807) is 19.1 Å². The van der Waals surface area contributed by atoms with Gasteiger partial charge < -0.3 is 19.4 Å². The Morgan fingerprint density at radius 3 is 2.64 bits per heavy atom. The summed E-state index contributed by atoms with van der Waals surface area (Å²) in [5.41, 5.74) is -0.756. The van der Waals surface area contributed by atoms with Crippen molar-refractivity contribution in [2.24, 2.45) is 0 Å². The fourth-order valence-corrected chi connectivity index (χ4v) is 2.19. The maximum Gasteiger partial charge on any atom is 0.416 e. The Balaban J connectivity index is 2.10. The first-order chi connectivity index (χ1) is 11.8. The van der Waals surface area contributed by atoms with Gasteiger partial charge in [-0.15, -0.1) is 0 Å². The molecule has 136 valence electrons. The van der Waals surface area contributed by atoms with Crippen LogP contribution in [0.2, 0.25) is 0 Å². The number of ether oxygens (including phenoxy) is 1. The summed E-state index contributed by atoms with van der Waals surface area (Å²) < 4.78 is 48.7. The van der Waals surface area contributed by atoms with Gasteiger partial charge in [0.2, 0.25) is 0 Å². The largest absolute Gasteiger partial charge is 0.464 e. The minimum Gasteiger partial charge on any atom is -0.464 e. The molecule has 5 nitrogen and oxygen atoms in total. The van der Waals surface area contributed by atoms with E-state index < -0.39 is 17.8 Å². The molecule has 8 heteroatoms. The van der Waals surface area contributed by atoms with E-state index >= 15 is 0 Å². The van der Waals surface area contributed by atoms with E-state index in [4.69, 9.17) is 9.15 Å². The van der Waals surface area contributed by atoms with Crippen molar-refractivity contribution >= 4 is 11.7 Å². The molecular weight excluding hydrogens is 337 g/mol. The maximum absolute atomic E-state index is 12.8. The van der Waals surface area contributed by atoms with Crippen LogP contribution in [0.1, 0.15) is 17.1 Å². The summed E-state index contributed by atoms with van der Waals surface area (Å²) >= 11 is 0. The third kappa shape index (κ3) is 5.53. The van der Waals surface area contributed by atoms with Crippen LogP contribution in [0.25, 0.3) is 0 Å². The number of urea groups is 1. The van der Waals surface area contributed by atoms with Crippen LogP contribution in [0.4, 0.5) is 23.7 Å². The monoisotopic (exact) mass is 356 g/mol. The standard InChI is InChI=1S/C17H19F3N2O3/c1-12-6-7-15(25-12)11-22(8-9-24-2)16(23)21-14-5-3-4-13(10-14)17(18,19)20/h3-7,10H,8-9,11H2,1-2H3,(H,21,23). The molecule has 1 aromatic heterocycles. The van der Waals surface area contributed by atoms with Crippen molar-refractivity contribution < 1.29 is 27.1 Å². The van der Waals surface area contributed by atoms with Crippen LogP contribution in [0.5, 0.6) is 0 Å². The number of furan rings is 1. The summed E-state index contributed by atoms with van der Waals surface area (Å²) in [6.07, 6.45) is -4.47. The number of anilines is 1. The van der Waals surface area contributed by atoms with Gasteiger partial charge in [-0.25, -0.2) is 4.79 Å². The van der Waals surface area contributed by atoms with Crippen molar-refractivity contribution in [1.82, 2.24) is 4.90 Å². The van der Waals surface area contributed by atoms with E-state index in [1.165, 1.54) is 24.1 Å². The van der Waals surface area contributed by atoms with Crippen LogP contribution in [0, 0.1) is 6.92 Å². The van der Waals surface area contributed by atoms with Crippen molar-refractivity contribution in [1.29, 1.82) is 0 Å². The minimum atomic E-state index is -4.47. The van der Waals surface area contributed by atoms with Crippen molar-refractivity contribution in [2.45, 2.75) is 19.6 Å². The molecule has 0 radical (unpaired) electrons. The Morgan fingerprint density at radius 1 is 1.28 bits per heavy atom. The molecule has 25 heavy (non-hydrogen) atoms. The summed E-state index contributed by atoms with van der Waals surface area (Å²) in [5.74, 6) is 1.28. The molecular formula is C17H19F3N2O3. The summed E-state index contributed by atoms with van der Waals surface area (Å²) in [7, 11) is 1.50. The zero-order chi connectivity index (χ0) is 18.4. The summed E-state index contributed by atoms with van der Waals surface area (Å²) in [6.45, 7) is 2.52. The molecule has 0 saturated carbocycles. The normalized spacial score (nSPS) is 11.4. The summed E-state index contributed by atoms with van der Waals surface area (Å²) in [6, 6.07) is 7.46. The number of hydrogen-bond acceptors (Lipinski definition) is 3.